The maximum atomic E-state index is 12.8. The summed E-state index contributed by atoms with van der Waals surface area (Å²) in [5.41, 5.74) is 1.81. The van der Waals surface area contributed by atoms with Crippen molar-refractivity contribution in [2.45, 2.75) is 6.92 Å². The van der Waals surface area contributed by atoms with E-state index in [1.54, 1.807) is 61.5 Å². The predicted octanol–water partition coefficient (Wildman–Crippen LogP) is 5.87. The summed E-state index contributed by atoms with van der Waals surface area (Å²) in [5, 5.41) is 0.885. The molecule has 160 valence electrons. The van der Waals surface area contributed by atoms with E-state index in [0.717, 1.165) is 0 Å². The minimum absolute atomic E-state index is 0.111. The van der Waals surface area contributed by atoms with Crippen molar-refractivity contribution in [3.63, 3.8) is 0 Å². The van der Waals surface area contributed by atoms with Crippen molar-refractivity contribution in [3.8, 4) is 23.0 Å². The monoisotopic (exact) mass is 468 g/mol. The van der Waals surface area contributed by atoms with E-state index in [2.05, 4.69) is 0 Å². The average Bonchev–Trinajstić information content (AvgIpc) is 3.36. The van der Waals surface area contributed by atoms with Gasteiger partial charge in [-0.25, -0.2) is 4.79 Å². The molecule has 5 rings (SSSR count). The van der Waals surface area contributed by atoms with Gasteiger partial charge in [0.1, 0.15) is 11.5 Å². The first-order valence-corrected chi connectivity index (χ1v) is 10.3. The lowest BCUT2D eigenvalue weighted by atomic mass is 10.1. The van der Waals surface area contributed by atoms with Crippen LogP contribution in [0.5, 0.6) is 23.0 Å². The van der Waals surface area contributed by atoms with E-state index in [0.29, 0.717) is 49.5 Å². The molecule has 0 saturated heterocycles. The van der Waals surface area contributed by atoms with Crippen LogP contribution in [0.3, 0.4) is 0 Å². The highest BCUT2D eigenvalue weighted by atomic mass is 35.5. The van der Waals surface area contributed by atoms with Gasteiger partial charge in [0.15, 0.2) is 17.3 Å². The first-order chi connectivity index (χ1) is 15.4. The van der Waals surface area contributed by atoms with E-state index in [1.807, 2.05) is 0 Å². The van der Waals surface area contributed by atoms with Crippen molar-refractivity contribution in [1.82, 2.24) is 0 Å². The Hall–Kier alpha value is -3.48. The molecule has 0 spiro atoms. The van der Waals surface area contributed by atoms with Gasteiger partial charge in [0, 0.05) is 15.6 Å². The van der Waals surface area contributed by atoms with Crippen LogP contribution in [0.15, 0.2) is 54.3 Å². The fourth-order valence-corrected chi connectivity index (χ4v) is 3.88. The highest BCUT2D eigenvalue weighted by molar-refractivity contribution is 6.35. The lowest BCUT2D eigenvalue weighted by Gasteiger charge is -2.10. The SMILES string of the molecule is Cc1c(OC(=O)c2ccc3c(c2)OCO3)ccc2c1O/C(=C\c1ccc(Cl)cc1Cl)C2=O. The molecule has 0 N–H and O–H groups in total. The molecular formula is C24H14Cl2O6. The van der Waals surface area contributed by atoms with Gasteiger partial charge in [0.2, 0.25) is 12.6 Å². The number of halogens is 2. The number of esters is 1. The number of ether oxygens (including phenoxy) is 4. The summed E-state index contributed by atoms with van der Waals surface area (Å²) in [5.74, 6) is 0.929. The second-order valence-electron chi connectivity index (χ2n) is 7.13. The number of hydrogen-bond donors (Lipinski definition) is 0. The van der Waals surface area contributed by atoms with Crippen LogP contribution in [0.1, 0.15) is 31.8 Å². The molecule has 3 aromatic carbocycles. The molecule has 2 heterocycles. The van der Waals surface area contributed by atoms with E-state index in [9.17, 15) is 9.59 Å². The van der Waals surface area contributed by atoms with Gasteiger partial charge >= 0.3 is 5.97 Å². The molecule has 0 atom stereocenters. The Morgan fingerprint density at radius 1 is 1.03 bits per heavy atom. The van der Waals surface area contributed by atoms with Gasteiger partial charge in [-0.1, -0.05) is 29.3 Å². The van der Waals surface area contributed by atoms with Crippen molar-refractivity contribution in [1.29, 1.82) is 0 Å². The van der Waals surface area contributed by atoms with Gasteiger partial charge in [0.25, 0.3) is 0 Å². The van der Waals surface area contributed by atoms with Gasteiger partial charge < -0.3 is 18.9 Å². The third-order valence-electron chi connectivity index (χ3n) is 5.10. The molecule has 2 aliphatic heterocycles. The van der Waals surface area contributed by atoms with Crippen LogP contribution in [-0.4, -0.2) is 18.5 Å². The third-order valence-corrected chi connectivity index (χ3v) is 5.66. The number of ketones is 1. The van der Waals surface area contributed by atoms with Gasteiger partial charge in [-0.05, 0) is 61.0 Å². The van der Waals surface area contributed by atoms with Gasteiger partial charge in [-0.15, -0.1) is 0 Å². The van der Waals surface area contributed by atoms with Crippen LogP contribution in [-0.2, 0) is 0 Å². The molecule has 0 bridgehead atoms. The summed E-state index contributed by atoms with van der Waals surface area (Å²) in [6.07, 6.45) is 1.55. The Bertz CT molecular complexity index is 1330. The topological polar surface area (TPSA) is 71.1 Å². The largest absolute Gasteiger partial charge is 0.454 e. The zero-order valence-electron chi connectivity index (χ0n) is 16.6. The quantitative estimate of drug-likeness (QED) is 0.272. The standard InChI is InChI=1S/C24H14Cl2O6/c1-12-18(32-24(28)14-3-6-19-20(9-14)30-11-29-19)7-5-16-22(27)21(31-23(12)16)8-13-2-4-15(25)10-17(13)26/h2-10H,11H2,1H3/b21-8-. The highest BCUT2D eigenvalue weighted by Crippen LogP contribution is 2.40. The molecule has 2 aliphatic rings. The highest BCUT2D eigenvalue weighted by Gasteiger charge is 2.31. The van der Waals surface area contributed by atoms with E-state index in [1.165, 1.54) is 0 Å². The van der Waals surface area contributed by atoms with Crippen molar-refractivity contribution in [2.24, 2.45) is 0 Å². The molecule has 8 heteroatoms. The Balaban J connectivity index is 1.41. The van der Waals surface area contributed by atoms with Gasteiger partial charge in [-0.2, -0.15) is 0 Å². The molecule has 6 nitrogen and oxygen atoms in total. The van der Waals surface area contributed by atoms with Crippen LogP contribution in [0.25, 0.3) is 6.08 Å². The summed E-state index contributed by atoms with van der Waals surface area (Å²) < 4.78 is 21.9. The summed E-state index contributed by atoms with van der Waals surface area (Å²) in [6.45, 7) is 1.83. The first-order valence-electron chi connectivity index (χ1n) is 9.55. The average molecular weight is 469 g/mol. The van der Waals surface area contributed by atoms with E-state index in [-0.39, 0.29) is 24.1 Å². The Kier molecular flexibility index (Phi) is 5.04. The molecule has 32 heavy (non-hydrogen) atoms. The van der Waals surface area contributed by atoms with E-state index < -0.39 is 5.97 Å². The Morgan fingerprint density at radius 3 is 2.66 bits per heavy atom. The second kappa shape index (κ2) is 7.89. The van der Waals surface area contributed by atoms with E-state index >= 15 is 0 Å². The number of fused-ring (bicyclic) bond motifs is 2. The van der Waals surface area contributed by atoms with Crippen LogP contribution in [0, 0.1) is 6.92 Å². The minimum Gasteiger partial charge on any atom is -0.454 e. The fourth-order valence-electron chi connectivity index (χ4n) is 3.42. The number of rotatable bonds is 3. The normalized spacial score (nSPS) is 15.0. The molecule has 0 amide bonds. The molecule has 0 aromatic heterocycles. The molecule has 0 saturated carbocycles. The number of carbonyl (C=O) groups excluding carboxylic acids is 2. The Labute approximate surface area is 192 Å². The van der Waals surface area contributed by atoms with Gasteiger partial charge in [0.05, 0.1) is 11.1 Å². The number of Topliss-reactive ketones (excluding diaryl/α,β-unsaturated/α-hetero) is 1. The van der Waals surface area contributed by atoms with Crippen molar-refractivity contribution < 1.29 is 28.5 Å². The number of hydrogen-bond acceptors (Lipinski definition) is 6. The lowest BCUT2D eigenvalue weighted by molar-refractivity contribution is 0.0732. The number of carbonyl (C=O) groups is 2. The molecule has 3 aromatic rings. The molecule has 0 fully saturated rings. The van der Waals surface area contributed by atoms with Crippen molar-refractivity contribution in [2.75, 3.05) is 6.79 Å². The van der Waals surface area contributed by atoms with Crippen LogP contribution < -0.4 is 18.9 Å². The smallest absolute Gasteiger partial charge is 0.343 e. The maximum Gasteiger partial charge on any atom is 0.343 e. The summed E-state index contributed by atoms with van der Waals surface area (Å²) in [6, 6.07) is 12.9. The summed E-state index contributed by atoms with van der Waals surface area (Å²) >= 11 is 12.1. The third kappa shape index (κ3) is 3.57. The van der Waals surface area contributed by atoms with Crippen LogP contribution in [0.4, 0.5) is 0 Å². The lowest BCUT2D eigenvalue weighted by Crippen LogP contribution is -2.09. The van der Waals surface area contributed by atoms with Crippen molar-refractivity contribution >= 4 is 41.0 Å². The maximum absolute atomic E-state index is 12.8. The van der Waals surface area contributed by atoms with Crippen LogP contribution >= 0.6 is 23.2 Å². The zero-order valence-corrected chi connectivity index (χ0v) is 18.1. The number of allylic oxidation sites excluding steroid dienone is 1. The fraction of sp³-hybridized carbons (Fsp3) is 0.0833. The first kappa shape index (κ1) is 20.4. The predicted molar refractivity (Wildman–Crippen MR) is 118 cm³/mol. The number of benzene rings is 3. The zero-order chi connectivity index (χ0) is 22.4. The van der Waals surface area contributed by atoms with Crippen molar-refractivity contribution in [3.05, 3.63) is 86.6 Å². The molecule has 0 aliphatic carbocycles. The van der Waals surface area contributed by atoms with E-state index in [4.69, 9.17) is 42.1 Å². The molecule has 0 radical (unpaired) electrons. The minimum atomic E-state index is -0.570. The summed E-state index contributed by atoms with van der Waals surface area (Å²) in [7, 11) is 0. The second-order valence-corrected chi connectivity index (χ2v) is 7.97. The Morgan fingerprint density at radius 2 is 1.84 bits per heavy atom. The molecular weight excluding hydrogens is 455 g/mol. The summed E-state index contributed by atoms with van der Waals surface area (Å²) in [4.78, 5) is 25.4. The van der Waals surface area contributed by atoms with Gasteiger partial charge in [-0.3, -0.25) is 4.79 Å². The molecule has 0 unspecified atom stereocenters. The van der Waals surface area contributed by atoms with Crippen LogP contribution in [0.2, 0.25) is 10.0 Å².